The van der Waals surface area contributed by atoms with Crippen LogP contribution < -0.4 is 4.74 Å². The topological polar surface area (TPSA) is 35.5 Å². The van der Waals surface area contributed by atoms with E-state index in [0.29, 0.717) is 16.7 Å². The molecule has 5 rings (SSSR count). The Balaban J connectivity index is 1.36. The van der Waals surface area contributed by atoms with Crippen LogP contribution in [0.2, 0.25) is 0 Å². The molecule has 0 unspecified atom stereocenters. The van der Waals surface area contributed by atoms with Crippen molar-refractivity contribution in [2.75, 3.05) is 7.11 Å². The zero-order valence-electron chi connectivity index (χ0n) is 26.5. The van der Waals surface area contributed by atoms with Gasteiger partial charge in [0.05, 0.1) is 7.11 Å². The number of benzene rings is 1. The zero-order chi connectivity index (χ0) is 28.7. The van der Waals surface area contributed by atoms with Crippen molar-refractivity contribution in [3.63, 3.8) is 0 Å². The monoisotopic (exact) mass is 548 g/mol. The molecule has 0 aromatic heterocycles. The largest absolute Gasteiger partial charge is 0.497 e. The number of carbonyl (C=O) groups excluding carboxylic acids is 1. The van der Waals surface area contributed by atoms with Crippen LogP contribution in [-0.4, -0.2) is 19.2 Å². The molecule has 0 saturated heterocycles. The summed E-state index contributed by atoms with van der Waals surface area (Å²) in [5, 5.41) is 0. The minimum Gasteiger partial charge on any atom is -0.497 e. The molecule has 0 amide bonds. The summed E-state index contributed by atoms with van der Waals surface area (Å²) >= 11 is 0. The van der Waals surface area contributed by atoms with Crippen molar-refractivity contribution in [3.05, 3.63) is 35.4 Å². The lowest BCUT2D eigenvalue weighted by atomic mass is 9.44. The third-order valence-corrected chi connectivity index (χ3v) is 12.5. The van der Waals surface area contributed by atoms with Crippen molar-refractivity contribution >= 4 is 12.0 Å². The highest BCUT2D eigenvalue weighted by Gasteiger charge is 2.61. The van der Waals surface area contributed by atoms with Crippen LogP contribution in [-0.2, 0) is 9.53 Å². The summed E-state index contributed by atoms with van der Waals surface area (Å²) in [6.07, 6.45) is 16.8. The van der Waals surface area contributed by atoms with E-state index in [1.54, 1.807) is 14.0 Å². The first-order chi connectivity index (χ1) is 19.0. The molecule has 222 valence electrons. The number of fused-ring (bicyclic) bond motifs is 5. The van der Waals surface area contributed by atoms with E-state index in [9.17, 15) is 4.79 Å². The lowest BCUT2D eigenvalue weighted by Crippen LogP contribution is -2.54. The van der Waals surface area contributed by atoms with E-state index in [0.717, 1.165) is 54.1 Å². The van der Waals surface area contributed by atoms with Crippen molar-refractivity contribution in [2.24, 2.45) is 52.3 Å². The van der Waals surface area contributed by atoms with Gasteiger partial charge in [0.15, 0.2) is 0 Å². The molecule has 9 atom stereocenters. The van der Waals surface area contributed by atoms with E-state index < -0.39 is 0 Å². The first kappa shape index (κ1) is 29.7. The summed E-state index contributed by atoms with van der Waals surface area (Å²) in [5.74, 6) is 6.48. The second-order valence-electron chi connectivity index (χ2n) is 15.2. The maximum Gasteiger partial charge on any atom is 0.303 e. The van der Waals surface area contributed by atoms with Crippen LogP contribution in [0.5, 0.6) is 5.75 Å². The standard InChI is InChI=1S/C37H56O3/c1-24(2)9-8-10-25(3)32-17-18-33-31-16-13-29-22-35(40-26(4)38)28(21-27-11-14-30(39-7)15-12-27)23-37(29,6)34(31)19-20-36(32,33)5/h11-12,14-15,21,24-25,29,31-35H,8-10,13,16-20,22-23H2,1-7H3/b28-21-/t25-,29+,31-,32-,33-,34-,35+,36+,37+/m1/s1. The van der Waals surface area contributed by atoms with E-state index in [2.05, 4.69) is 52.8 Å². The number of hydrogen-bond acceptors (Lipinski definition) is 3. The van der Waals surface area contributed by atoms with Gasteiger partial charge < -0.3 is 9.47 Å². The van der Waals surface area contributed by atoms with Crippen LogP contribution in [0.4, 0.5) is 0 Å². The fourth-order valence-corrected chi connectivity index (χ4v) is 10.6. The van der Waals surface area contributed by atoms with Crippen LogP contribution in [0.3, 0.4) is 0 Å². The molecule has 4 fully saturated rings. The number of esters is 1. The molecule has 4 saturated carbocycles. The zero-order valence-corrected chi connectivity index (χ0v) is 26.5. The lowest BCUT2D eigenvalue weighted by Gasteiger charge is -2.61. The first-order valence-corrected chi connectivity index (χ1v) is 16.6. The minimum absolute atomic E-state index is 0.0920. The molecule has 0 bridgehead atoms. The molecule has 40 heavy (non-hydrogen) atoms. The smallest absolute Gasteiger partial charge is 0.303 e. The van der Waals surface area contributed by atoms with E-state index in [1.807, 2.05) is 12.1 Å². The Bertz CT molecular complexity index is 1060. The second-order valence-corrected chi connectivity index (χ2v) is 15.2. The first-order valence-electron chi connectivity index (χ1n) is 16.6. The fraction of sp³-hybridized carbons (Fsp3) is 0.757. The van der Waals surface area contributed by atoms with Crippen molar-refractivity contribution in [2.45, 2.75) is 118 Å². The van der Waals surface area contributed by atoms with Gasteiger partial charge in [-0.25, -0.2) is 0 Å². The highest BCUT2D eigenvalue weighted by Crippen LogP contribution is 2.69. The Hall–Kier alpha value is -1.77. The summed E-state index contributed by atoms with van der Waals surface area (Å²) in [5.41, 5.74) is 3.30. The molecule has 3 heteroatoms. The lowest BCUT2D eigenvalue weighted by molar-refractivity contribution is -0.153. The highest BCUT2D eigenvalue weighted by atomic mass is 16.5. The Morgan fingerprint density at radius 2 is 1.70 bits per heavy atom. The van der Waals surface area contributed by atoms with Crippen molar-refractivity contribution in [1.82, 2.24) is 0 Å². The Labute approximate surface area is 244 Å². The van der Waals surface area contributed by atoms with Gasteiger partial charge in [-0.3, -0.25) is 4.79 Å². The van der Waals surface area contributed by atoms with Gasteiger partial charge in [-0.1, -0.05) is 72.1 Å². The van der Waals surface area contributed by atoms with E-state index in [1.165, 1.54) is 68.9 Å². The third kappa shape index (κ3) is 5.65. The van der Waals surface area contributed by atoms with Gasteiger partial charge in [-0.15, -0.1) is 0 Å². The van der Waals surface area contributed by atoms with E-state index in [-0.39, 0.29) is 12.1 Å². The van der Waals surface area contributed by atoms with Crippen LogP contribution in [0, 0.1) is 52.3 Å². The molecule has 0 spiro atoms. The van der Waals surface area contributed by atoms with Gasteiger partial charge in [0, 0.05) is 6.92 Å². The van der Waals surface area contributed by atoms with Crippen LogP contribution in [0.1, 0.15) is 118 Å². The van der Waals surface area contributed by atoms with Gasteiger partial charge in [0.1, 0.15) is 11.9 Å². The van der Waals surface area contributed by atoms with E-state index in [4.69, 9.17) is 9.47 Å². The quantitative estimate of drug-likeness (QED) is 0.303. The summed E-state index contributed by atoms with van der Waals surface area (Å²) in [6, 6.07) is 8.31. The molecule has 0 radical (unpaired) electrons. The Morgan fingerprint density at radius 3 is 2.38 bits per heavy atom. The predicted molar refractivity (Wildman–Crippen MR) is 165 cm³/mol. The number of rotatable bonds is 8. The van der Waals surface area contributed by atoms with Gasteiger partial charge in [0.25, 0.3) is 0 Å². The molecule has 1 aromatic carbocycles. The maximum atomic E-state index is 12.1. The summed E-state index contributed by atoms with van der Waals surface area (Å²) < 4.78 is 11.4. The van der Waals surface area contributed by atoms with Gasteiger partial charge in [-0.2, -0.15) is 0 Å². The van der Waals surface area contributed by atoms with Crippen LogP contribution >= 0.6 is 0 Å². The Morgan fingerprint density at radius 1 is 0.975 bits per heavy atom. The minimum atomic E-state index is -0.157. The predicted octanol–water partition coefficient (Wildman–Crippen LogP) is 9.74. The van der Waals surface area contributed by atoms with E-state index >= 15 is 0 Å². The molecule has 0 heterocycles. The van der Waals surface area contributed by atoms with Gasteiger partial charge >= 0.3 is 5.97 Å². The molecule has 3 nitrogen and oxygen atoms in total. The average Bonchev–Trinajstić information content (AvgIpc) is 3.26. The molecule has 4 aliphatic rings. The Kier molecular flexibility index (Phi) is 8.80. The molecular formula is C37H56O3. The molecule has 1 aromatic rings. The number of ether oxygens (including phenoxy) is 2. The molecule has 4 aliphatic carbocycles. The van der Waals surface area contributed by atoms with Crippen molar-refractivity contribution in [1.29, 1.82) is 0 Å². The van der Waals surface area contributed by atoms with Crippen molar-refractivity contribution < 1.29 is 14.3 Å². The molecule has 0 N–H and O–H groups in total. The average molecular weight is 549 g/mol. The van der Waals surface area contributed by atoms with Gasteiger partial charge in [-0.05, 0) is 127 Å². The number of carbonyl (C=O) groups is 1. The number of methoxy groups -OCH3 is 1. The summed E-state index contributed by atoms with van der Waals surface area (Å²) in [4.78, 5) is 12.1. The third-order valence-electron chi connectivity index (χ3n) is 12.5. The van der Waals surface area contributed by atoms with Gasteiger partial charge in [0.2, 0.25) is 0 Å². The summed E-state index contributed by atoms with van der Waals surface area (Å²) in [6.45, 7) is 14.2. The van der Waals surface area contributed by atoms with Crippen LogP contribution in [0.15, 0.2) is 29.8 Å². The maximum absolute atomic E-state index is 12.1. The second kappa shape index (κ2) is 11.8. The normalized spacial score (nSPS) is 38.9. The fourth-order valence-electron chi connectivity index (χ4n) is 10.6. The number of hydrogen-bond donors (Lipinski definition) is 0. The highest BCUT2D eigenvalue weighted by molar-refractivity contribution is 5.67. The summed E-state index contributed by atoms with van der Waals surface area (Å²) in [7, 11) is 1.71. The molecule has 0 aliphatic heterocycles. The SMILES string of the molecule is COc1ccc(/C=C2/C[C@@]3(C)[C@@H](CC[C@@H]4[C@H]5CC[C@H]([C@H](C)CCCC(C)C)[C@]5(C)CC[C@H]43)C[C@@H]2OC(C)=O)cc1. The molecular weight excluding hydrogens is 492 g/mol. The van der Waals surface area contributed by atoms with Crippen molar-refractivity contribution in [3.8, 4) is 5.75 Å². The van der Waals surface area contributed by atoms with Crippen LogP contribution in [0.25, 0.3) is 6.08 Å².